The Morgan fingerprint density at radius 2 is 1.84 bits per heavy atom. The highest BCUT2D eigenvalue weighted by molar-refractivity contribution is 5.97. The molecule has 0 bridgehead atoms. The molecule has 6 nitrogen and oxygen atoms in total. The lowest BCUT2D eigenvalue weighted by Gasteiger charge is -2.14. The van der Waals surface area contributed by atoms with Gasteiger partial charge in [-0.05, 0) is 66.8 Å². The maximum absolute atomic E-state index is 12.4. The molecule has 1 aromatic heterocycles. The van der Waals surface area contributed by atoms with Crippen LogP contribution in [0.1, 0.15) is 66.3 Å². The van der Waals surface area contributed by atoms with Crippen molar-refractivity contribution in [1.82, 2.24) is 4.57 Å². The van der Waals surface area contributed by atoms with E-state index in [-0.39, 0.29) is 5.91 Å². The number of hydrogen-bond donors (Lipinski definition) is 2. The van der Waals surface area contributed by atoms with Crippen LogP contribution in [0.25, 0.3) is 10.9 Å². The van der Waals surface area contributed by atoms with Gasteiger partial charge in [0.25, 0.3) is 0 Å². The summed E-state index contributed by atoms with van der Waals surface area (Å²) >= 11 is 0. The fourth-order valence-corrected chi connectivity index (χ4v) is 5.10. The van der Waals surface area contributed by atoms with Crippen LogP contribution in [0.5, 0.6) is 5.75 Å². The number of rotatable bonds is 7. The summed E-state index contributed by atoms with van der Waals surface area (Å²) in [6, 6.07) is 14.5. The van der Waals surface area contributed by atoms with Crippen LogP contribution < -0.4 is 10.5 Å². The second-order valence-corrected chi connectivity index (χ2v) is 9.00. The van der Waals surface area contributed by atoms with E-state index in [1.54, 1.807) is 6.07 Å². The van der Waals surface area contributed by atoms with E-state index in [1.807, 2.05) is 12.1 Å². The number of fused-ring (bicyclic) bond motifs is 3. The van der Waals surface area contributed by atoms with Gasteiger partial charge in [-0.15, -0.1) is 0 Å². The average Bonchev–Trinajstić information content (AvgIpc) is 3.60. The van der Waals surface area contributed by atoms with Crippen molar-refractivity contribution in [3.63, 3.8) is 0 Å². The van der Waals surface area contributed by atoms with Gasteiger partial charge in [-0.25, -0.2) is 4.79 Å². The molecule has 2 aromatic carbocycles. The molecule has 2 aliphatic rings. The van der Waals surface area contributed by atoms with Gasteiger partial charge in [0.2, 0.25) is 5.91 Å². The summed E-state index contributed by atoms with van der Waals surface area (Å²) in [6.45, 7) is 0.258. The first-order valence-corrected chi connectivity index (χ1v) is 11.4. The highest BCUT2D eigenvalue weighted by atomic mass is 16.5. The second-order valence-electron chi connectivity index (χ2n) is 9.00. The smallest absolute Gasteiger partial charge is 0.341 e. The summed E-state index contributed by atoms with van der Waals surface area (Å²) in [7, 11) is 0. The van der Waals surface area contributed by atoms with Gasteiger partial charge in [-0.2, -0.15) is 0 Å². The predicted molar refractivity (Wildman–Crippen MR) is 122 cm³/mol. The Kier molecular flexibility index (Phi) is 5.37. The van der Waals surface area contributed by atoms with Crippen LogP contribution in [0.3, 0.4) is 0 Å². The third kappa shape index (κ3) is 3.85. The number of amides is 1. The molecule has 1 unspecified atom stereocenters. The topological polar surface area (TPSA) is 94.6 Å². The predicted octanol–water partition coefficient (Wildman–Crippen LogP) is 4.33. The molecule has 3 aromatic rings. The van der Waals surface area contributed by atoms with Gasteiger partial charge in [0, 0.05) is 17.6 Å². The normalized spacial score (nSPS) is 18.2. The van der Waals surface area contributed by atoms with Crippen molar-refractivity contribution < 1.29 is 19.4 Å². The number of carboxylic acid groups (broad SMARTS) is 1. The quantitative estimate of drug-likeness (QED) is 0.544. The first-order valence-electron chi connectivity index (χ1n) is 11.4. The standard InChI is InChI=1S/C26H28N2O4/c27-26(31)19-4-1-2-5-20-24(19)25-21(6-3-7-22(25)32-15-23(29)30)28(20)14-16-8-10-17(11-9-16)18-12-13-18/h3,6-11,18-19H,1-2,4-5,12-15H2,(H2,27,31)(H,29,30). The zero-order valence-corrected chi connectivity index (χ0v) is 18.0. The summed E-state index contributed by atoms with van der Waals surface area (Å²) < 4.78 is 7.93. The fraction of sp³-hybridized carbons (Fsp3) is 0.385. The molecular weight excluding hydrogens is 404 g/mol. The van der Waals surface area contributed by atoms with Crippen LogP contribution in [-0.2, 0) is 22.6 Å². The highest BCUT2D eigenvalue weighted by Crippen LogP contribution is 2.43. The number of carbonyl (C=O) groups is 2. The molecule has 0 radical (unpaired) electrons. The van der Waals surface area contributed by atoms with Gasteiger partial charge in [-0.1, -0.05) is 36.8 Å². The van der Waals surface area contributed by atoms with Gasteiger partial charge >= 0.3 is 5.97 Å². The van der Waals surface area contributed by atoms with Crippen molar-refractivity contribution in [3.8, 4) is 5.75 Å². The Hall–Kier alpha value is -3.28. The molecule has 1 fully saturated rings. The van der Waals surface area contributed by atoms with Crippen molar-refractivity contribution in [2.24, 2.45) is 5.73 Å². The van der Waals surface area contributed by atoms with E-state index >= 15 is 0 Å². The molecule has 32 heavy (non-hydrogen) atoms. The summed E-state index contributed by atoms with van der Waals surface area (Å²) in [5.41, 5.74) is 11.4. The number of primary amides is 1. The van der Waals surface area contributed by atoms with Gasteiger partial charge < -0.3 is 20.1 Å². The largest absolute Gasteiger partial charge is 0.481 e. The number of hydrogen-bond acceptors (Lipinski definition) is 3. The zero-order chi connectivity index (χ0) is 22.2. The Morgan fingerprint density at radius 3 is 2.53 bits per heavy atom. The maximum atomic E-state index is 12.4. The lowest BCUT2D eigenvalue weighted by molar-refractivity contribution is -0.139. The first-order chi connectivity index (χ1) is 15.5. The lowest BCUT2D eigenvalue weighted by atomic mass is 9.92. The maximum Gasteiger partial charge on any atom is 0.341 e. The summed E-state index contributed by atoms with van der Waals surface area (Å²) in [5, 5.41) is 9.96. The van der Waals surface area contributed by atoms with E-state index in [4.69, 9.17) is 15.6 Å². The van der Waals surface area contributed by atoms with Crippen molar-refractivity contribution in [3.05, 3.63) is 64.8 Å². The van der Waals surface area contributed by atoms with Crippen LogP contribution >= 0.6 is 0 Å². The van der Waals surface area contributed by atoms with E-state index in [0.717, 1.165) is 47.3 Å². The van der Waals surface area contributed by atoms with Gasteiger partial charge in [0.1, 0.15) is 5.75 Å². The Bertz CT molecular complexity index is 1170. The molecule has 3 N–H and O–H groups in total. The monoisotopic (exact) mass is 432 g/mol. The molecule has 1 atom stereocenters. The van der Waals surface area contributed by atoms with E-state index in [2.05, 4.69) is 28.8 Å². The van der Waals surface area contributed by atoms with E-state index in [0.29, 0.717) is 18.7 Å². The minimum atomic E-state index is -1.03. The molecule has 0 spiro atoms. The third-order valence-electron chi connectivity index (χ3n) is 6.77. The summed E-state index contributed by atoms with van der Waals surface area (Å²) in [4.78, 5) is 23.6. The lowest BCUT2D eigenvalue weighted by Crippen LogP contribution is -2.21. The molecule has 5 rings (SSSR count). The van der Waals surface area contributed by atoms with Crippen LogP contribution in [0, 0.1) is 0 Å². The molecule has 1 amide bonds. The zero-order valence-electron chi connectivity index (χ0n) is 18.0. The molecule has 2 aliphatic carbocycles. The first kappa shape index (κ1) is 20.6. The van der Waals surface area contributed by atoms with Gasteiger partial charge in [0.15, 0.2) is 6.61 Å². The number of carboxylic acids is 1. The van der Waals surface area contributed by atoms with Crippen molar-refractivity contribution in [2.45, 2.75) is 56.9 Å². The van der Waals surface area contributed by atoms with E-state index in [9.17, 15) is 9.59 Å². The number of aromatic nitrogens is 1. The Balaban J connectivity index is 1.64. The third-order valence-corrected chi connectivity index (χ3v) is 6.77. The molecule has 1 saturated carbocycles. The number of nitrogens with two attached hydrogens (primary N) is 1. The SMILES string of the molecule is NC(=O)C1CCCCc2c1c1c(OCC(=O)O)cccc1n2Cc1ccc(C2CC2)cc1. The number of carbonyl (C=O) groups excluding carboxylic acids is 1. The number of ether oxygens (including phenoxy) is 1. The van der Waals surface area contributed by atoms with Gasteiger partial charge in [0.05, 0.1) is 11.4 Å². The second kappa shape index (κ2) is 8.34. The van der Waals surface area contributed by atoms with Crippen LogP contribution in [-0.4, -0.2) is 28.2 Å². The van der Waals surface area contributed by atoms with Crippen LogP contribution in [0.2, 0.25) is 0 Å². The molecule has 1 heterocycles. The fourth-order valence-electron chi connectivity index (χ4n) is 5.10. The number of aliphatic carboxylic acids is 1. The summed E-state index contributed by atoms with van der Waals surface area (Å²) in [5.74, 6) is -0.554. The average molecular weight is 433 g/mol. The molecule has 0 saturated heterocycles. The van der Waals surface area contributed by atoms with Gasteiger partial charge in [-0.3, -0.25) is 4.79 Å². The van der Waals surface area contributed by atoms with E-state index in [1.165, 1.54) is 24.0 Å². The molecule has 6 heteroatoms. The minimum absolute atomic E-state index is 0.339. The summed E-state index contributed by atoms with van der Waals surface area (Å²) in [6.07, 6.45) is 6.03. The Morgan fingerprint density at radius 1 is 1.06 bits per heavy atom. The van der Waals surface area contributed by atoms with Crippen LogP contribution in [0.4, 0.5) is 0 Å². The molecule has 166 valence electrons. The van der Waals surface area contributed by atoms with E-state index < -0.39 is 18.5 Å². The van der Waals surface area contributed by atoms with Crippen molar-refractivity contribution >= 4 is 22.8 Å². The van der Waals surface area contributed by atoms with Crippen molar-refractivity contribution in [2.75, 3.05) is 6.61 Å². The Labute approximate surface area is 187 Å². The number of benzene rings is 2. The minimum Gasteiger partial charge on any atom is -0.481 e. The van der Waals surface area contributed by atoms with Crippen LogP contribution in [0.15, 0.2) is 42.5 Å². The molecule has 0 aliphatic heterocycles. The number of nitrogens with zero attached hydrogens (tertiary/aromatic N) is 1. The highest BCUT2D eigenvalue weighted by Gasteiger charge is 2.31. The van der Waals surface area contributed by atoms with Crippen molar-refractivity contribution in [1.29, 1.82) is 0 Å². The molecular formula is C26H28N2O4.